The summed E-state index contributed by atoms with van der Waals surface area (Å²) in [6.07, 6.45) is 0. The van der Waals surface area contributed by atoms with Crippen molar-refractivity contribution in [3.05, 3.63) is 35.4 Å². The lowest BCUT2D eigenvalue weighted by Crippen LogP contribution is -2.46. The van der Waals surface area contributed by atoms with Gasteiger partial charge < -0.3 is 10.2 Å². The number of carbonyl (C=O) groups is 1. The molecule has 2 atom stereocenters. The number of rotatable bonds is 0. The van der Waals surface area contributed by atoms with E-state index >= 15 is 0 Å². The predicted octanol–water partition coefficient (Wildman–Crippen LogP) is 2.46. The minimum absolute atomic E-state index is 0.0364. The predicted molar refractivity (Wildman–Crippen MR) is 71.5 cm³/mol. The molecule has 1 saturated heterocycles. The third-order valence-electron chi connectivity index (χ3n) is 5.09. The molecule has 0 aromatic heterocycles. The Morgan fingerprint density at radius 3 is 2.44 bits per heavy atom. The van der Waals surface area contributed by atoms with Crippen molar-refractivity contribution >= 4 is 6.03 Å². The smallest absolute Gasteiger partial charge is 0.318 e. The van der Waals surface area contributed by atoms with Crippen LogP contribution < -0.4 is 5.32 Å². The van der Waals surface area contributed by atoms with Crippen LogP contribution in [0.2, 0.25) is 0 Å². The Balaban J connectivity index is 2.21. The van der Waals surface area contributed by atoms with Crippen LogP contribution >= 0.6 is 0 Å². The van der Waals surface area contributed by atoms with E-state index in [0.717, 1.165) is 6.54 Å². The number of fused-ring (bicyclic) bond motifs is 2. The van der Waals surface area contributed by atoms with Crippen LogP contribution in [-0.4, -0.2) is 24.5 Å². The van der Waals surface area contributed by atoms with Crippen molar-refractivity contribution in [1.82, 2.24) is 10.2 Å². The summed E-state index contributed by atoms with van der Waals surface area (Å²) < 4.78 is 0. The fourth-order valence-electron chi connectivity index (χ4n) is 3.69. The molecule has 1 aliphatic carbocycles. The number of hydrogen-bond acceptors (Lipinski definition) is 1. The summed E-state index contributed by atoms with van der Waals surface area (Å²) in [6.45, 7) is 7.55. The third kappa shape index (κ3) is 1.17. The van der Waals surface area contributed by atoms with E-state index in [9.17, 15) is 4.79 Å². The van der Waals surface area contributed by atoms with Crippen molar-refractivity contribution in [3.63, 3.8) is 0 Å². The summed E-state index contributed by atoms with van der Waals surface area (Å²) in [5.74, 6) is 0.385. The molecule has 0 bridgehead atoms. The molecule has 1 aromatic rings. The highest BCUT2D eigenvalue weighted by Crippen LogP contribution is 2.53. The van der Waals surface area contributed by atoms with Crippen molar-refractivity contribution < 1.29 is 4.79 Å². The summed E-state index contributed by atoms with van der Waals surface area (Å²) >= 11 is 0. The largest absolute Gasteiger partial charge is 0.326 e. The Labute approximate surface area is 108 Å². The van der Waals surface area contributed by atoms with E-state index < -0.39 is 0 Å². The topological polar surface area (TPSA) is 32.3 Å². The van der Waals surface area contributed by atoms with Crippen LogP contribution in [0.3, 0.4) is 0 Å². The Hall–Kier alpha value is -1.51. The number of carbonyl (C=O) groups excluding carboxylic acids is 1. The van der Waals surface area contributed by atoms with Crippen molar-refractivity contribution in [2.75, 3.05) is 13.6 Å². The lowest BCUT2D eigenvalue weighted by molar-refractivity contribution is 0.209. The van der Waals surface area contributed by atoms with Gasteiger partial charge in [0.1, 0.15) is 0 Å². The van der Waals surface area contributed by atoms with Gasteiger partial charge in [-0.25, -0.2) is 4.79 Å². The van der Waals surface area contributed by atoms with Gasteiger partial charge >= 0.3 is 6.03 Å². The van der Waals surface area contributed by atoms with Gasteiger partial charge in [-0.15, -0.1) is 0 Å². The molecule has 3 heteroatoms. The molecule has 2 aliphatic rings. The molecule has 1 aliphatic heterocycles. The zero-order chi connectivity index (χ0) is 13.1. The number of nitrogens with one attached hydrogen (secondary N) is 1. The molecule has 18 heavy (non-hydrogen) atoms. The first-order chi connectivity index (χ1) is 8.39. The summed E-state index contributed by atoms with van der Waals surface area (Å²) in [7, 11) is 1.87. The first-order valence-corrected chi connectivity index (χ1v) is 6.53. The normalized spacial score (nSPS) is 32.8. The van der Waals surface area contributed by atoms with Crippen LogP contribution in [0.1, 0.15) is 31.9 Å². The van der Waals surface area contributed by atoms with E-state index in [1.165, 1.54) is 11.1 Å². The summed E-state index contributed by atoms with van der Waals surface area (Å²) in [4.78, 5) is 13.7. The molecule has 0 radical (unpaired) electrons. The van der Waals surface area contributed by atoms with Crippen molar-refractivity contribution in [2.45, 2.75) is 31.7 Å². The highest BCUT2D eigenvalue weighted by Gasteiger charge is 2.57. The molecular weight excluding hydrogens is 224 g/mol. The minimum atomic E-state index is -0.216. The van der Waals surface area contributed by atoms with Crippen molar-refractivity contribution in [1.29, 1.82) is 0 Å². The van der Waals surface area contributed by atoms with Crippen LogP contribution in [0.25, 0.3) is 0 Å². The average molecular weight is 244 g/mol. The molecule has 2 amide bonds. The summed E-state index contributed by atoms with van der Waals surface area (Å²) in [5, 5.41) is 3.23. The first kappa shape index (κ1) is 11.6. The number of likely N-dealkylation sites (N-methyl/N-ethyl adjacent to an activating group) is 1. The number of urea groups is 1. The van der Waals surface area contributed by atoms with Crippen molar-refractivity contribution in [3.8, 4) is 0 Å². The molecule has 96 valence electrons. The molecule has 1 fully saturated rings. The number of nitrogens with zero attached hydrogens (tertiary/aromatic N) is 1. The van der Waals surface area contributed by atoms with Gasteiger partial charge in [0.05, 0.1) is 5.54 Å². The maximum absolute atomic E-state index is 11.9. The van der Waals surface area contributed by atoms with E-state index in [1.54, 1.807) is 4.90 Å². The van der Waals surface area contributed by atoms with Crippen LogP contribution in [-0.2, 0) is 11.0 Å². The van der Waals surface area contributed by atoms with Crippen molar-refractivity contribution in [2.24, 2.45) is 5.92 Å². The van der Waals surface area contributed by atoms with E-state index in [4.69, 9.17) is 0 Å². The van der Waals surface area contributed by atoms with Gasteiger partial charge in [0.25, 0.3) is 0 Å². The quantitative estimate of drug-likeness (QED) is 0.747. The fourth-order valence-corrected chi connectivity index (χ4v) is 3.69. The van der Waals surface area contributed by atoms with Gasteiger partial charge in [-0.2, -0.15) is 0 Å². The van der Waals surface area contributed by atoms with E-state index in [2.05, 4.69) is 50.4 Å². The minimum Gasteiger partial charge on any atom is -0.326 e. The third-order valence-corrected chi connectivity index (χ3v) is 5.09. The molecule has 3 nitrogen and oxygen atoms in total. The first-order valence-electron chi connectivity index (χ1n) is 6.53. The maximum atomic E-state index is 11.9. The Morgan fingerprint density at radius 1 is 1.28 bits per heavy atom. The van der Waals surface area contributed by atoms with E-state index in [1.807, 2.05) is 7.05 Å². The monoisotopic (exact) mass is 244 g/mol. The number of hydrogen-bond donors (Lipinski definition) is 1. The van der Waals surface area contributed by atoms with Gasteiger partial charge in [-0.05, 0) is 22.5 Å². The lowest BCUT2D eigenvalue weighted by Gasteiger charge is -2.34. The molecule has 1 aromatic carbocycles. The summed E-state index contributed by atoms with van der Waals surface area (Å²) in [5.41, 5.74) is 2.54. The SMILES string of the molecule is CC1C(C)(C)c2ccccc2C12CN(C)C(=O)N2. The number of amides is 2. The Kier molecular flexibility index (Phi) is 2.11. The number of benzene rings is 1. The molecule has 1 heterocycles. The molecule has 0 saturated carbocycles. The van der Waals surface area contributed by atoms with Gasteiger partial charge in [-0.1, -0.05) is 45.0 Å². The summed E-state index contributed by atoms with van der Waals surface area (Å²) in [6, 6.07) is 8.56. The van der Waals surface area contributed by atoms with Gasteiger partial charge in [0.2, 0.25) is 0 Å². The highest BCUT2D eigenvalue weighted by molar-refractivity contribution is 5.79. The highest BCUT2D eigenvalue weighted by atomic mass is 16.2. The molecule has 3 rings (SSSR count). The molecule has 1 N–H and O–H groups in total. The molecule has 2 unspecified atom stereocenters. The zero-order valence-electron chi connectivity index (χ0n) is 11.4. The average Bonchev–Trinajstić information content (AvgIpc) is 2.72. The zero-order valence-corrected chi connectivity index (χ0v) is 11.4. The van der Waals surface area contributed by atoms with Crippen LogP contribution in [0, 0.1) is 5.92 Å². The Bertz CT molecular complexity index is 523. The maximum Gasteiger partial charge on any atom is 0.318 e. The van der Waals surface area contributed by atoms with Gasteiger partial charge in [-0.3, -0.25) is 0 Å². The van der Waals surface area contributed by atoms with Crippen LogP contribution in [0.4, 0.5) is 4.79 Å². The van der Waals surface area contributed by atoms with E-state index in [-0.39, 0.29) is 17.0 Å². The Morgan fingerprint density at radius 2 is 1.89 bits per heavy atom. The van der Waals surface area contributed by atoms with E-state index in [0.29, 0.717) is 5.92 Å². The standard InChI is InChI=1S/C15H20N2O/c1-10-14(2,3)11-7-5-6-8-12(11)15(10)9-17(4)13(18)16-15/h5-8,10H,9H2,1-4H3,(H,16,18). The lowest BCUT2D eigenvalue weighted by atomic mass is 9.74. The van der Waals surface area contributed by atoms with Crippen LogP contribution in [0.5, 0.6) is 0 Å². The molecular formula is C15H20N2O. The second kappa shape index (κ2) is 3.28. The fraction of sp³-hybridized carbons (Fsp3) is 0.533. The second-order valence-electron chi connectivity index (χ2n) is 6.25. The molecule has 1 spiro atoms. The van der Waals surface area contributed by atoms with Gasteiger partial charge in [0.15, 0.2) is 0 Å². The van der Waals surface area contributed by atoms with Crippen LogP contribution in [0.15, 0.2) is 24.3 Å². The second-order valence-corrected chi connectivity index (χ2v) is 6.25. The van der Waals surface area contributed by atoms with Gasteiger partial charge in [0, 0.05) is 13.6 Å².